The number of anilines is 2. The minimum atomic E-state index is 0.610. The van der Waals surface area contributed by atoms with Gasteiger partial charge in [0, 0.05) is 50.3 Å². The summed E-state index contributed by atoms with van der Waals surface area (Å²) in [6.45, 7) is 5.18. The molecule has 0 bridgehead atoms. The third-order valence-electron chi connectivity index (χ3n) is 3.64. The third kappa shape index (κ3) is 3.20. The number of aromatic nitrogens is 1. The van der Waals surface area contributed by atoms with E-state index in [1.165, 1.54) is 0 Å². The molecule has 1 aliphatic rings. The van der Waals surface area contributed by atoms with Crippen molar-refractivity contribution in [2.75, 3.05) is 49.5 Å². The fourth-order valence-corrected chi connectivity index (χ4v) is 2.84. The monoisotopic (exact) mass is 305 g/mol. The molecular weight excluding hydrogens is 286 g/mol. The van der Waals surface area contributed by atoms with Gasteiger partial charge in [-0.05, 0) is 24.3 Å². The van der Waals surface area contributed by atoms with E-state index in [0.717, 1.165) is 55.1 Å². The van der Waals surface area contributed by atoms with Crippen LogP contribution in [0.15, 0.2) is 24.3 Å². The Kier molecular flexibility index (Phi) is 4.43. The topological polar surface area (TPSA) is 66.2 Å². The number of benzene rings is 1. The number of hydrogen-bond acceptors (Lipinski definition) is 5. The molecule has 0 saturated carbocycles. The highest BCUT2D eigenvalue weighted by Crippen LogP contribution is 2.29. The van der Waals surface area contributed by atoms with Gasteiger partial charge in [-0.1, -0.05) is 11.6 Å². The van der Waals surface area contributed by atoms with E-state index in [-0.39, 0.29) is 0 Å². The molecule has 112 valence electrons. The van der Waals surface area contributed by atoms with Crippen molar-refractivity contribution < 1.29 is 0 Å². The van der Waals surface area contributed by atoms with Gasteiger partial charge < -0.3 is 21.3 Å². The van der Waals surface area contributed by atoms with Gasteiger partial charge in [-0.3, -0.25) is 0 Å². The molecule has 0 aliphatic carbocycles. The number of rotatable bonds is 4. The van der Waals surface area contributed by atoms with Crippen LogP contribution in [0.25, 0.3) is 10.9 Å². The summed E-state index contributed by atoms with van der Waals surface area (Å²) in [5.41, 5.74) is 7.52. The Bertz CT molecular complexity index is 625. The van der Waals surface area contributed by atoms with Crippen LogP contribution >= 0.6 is 11.6 Å². The molecule has 21 heavy (non-hydrogen) atoms. The maximum atomic E-state index is 6.43. The zero-order valence-corrected chi connectivity index (χ0v) is 12.7. The zero-order valence-electron chi connectivity index (χ0n) is 11.9. The van der Waals surface area contributed by atoms with Crippen molar-refractivity contribution in [2.45, 2.75) is 0 Å². The van der Waals surface area contributed by atoms with Gasteiger partial charge in [0.1, 0.15) is 5.82 Å². The first kappa shape index (κ1) is 14.4. The van der Waals surface area contributed by atoms with Crippen molar-refractivity contribution in [3.05, 3.63) is 29.3 Å². The van der Waals surface area contributed by atoms with E-state index in [4.69, 9.17) is 22.3 Å². The summed E-state index contributed by atoms with van der Waals surface area (Å²) in [7, 11) is 0. The van der Waals surface area contributed by atoms with Gasteiger partial charge in [0.15, 0.2) is 0 Å². The van der Waals surface area contributed by atoms with Crippen molar-refractivity contribution in [2.24, 2.45) is 5.73 Å². The fourth-order valence-electron chi connectivity index (χ4n) is 2.57. The molecule has 0 atom stereocenters. The molecule has 2 aromatic rings. The highest BCUT2D eigenvalue weighted by atomic mass is 35.5. The molecule has 5 nitrogen and oxygen atoms in total. The SMILES string of the molecule is NCCNc1ccc2nc(N3CCNCC3)c(Cl)cc2c1. The Morgan fingerprint density at radius 2 is 2.10 bits per heavy atom. The van der Waals surface area contributed by atoms with Crippen molar-refractivity contribution in [3.63, 3.8) is 0 Å². The van der Waals surface area contributed by atoms with Gasteiger partial charge in [-0.2, -0.15) is 0 Å². The molecule has 1 saturated heterocycles. The predicted molar refractivity (Wildman–Crippen MR) is 89.4 cm³/mol. The summed E-state index contributed by atoms with van der Waals surface area (Å²) in [5.74, 6) is 0.883. The average Bonchev–Trinajstić information content (AvgIpc) is 2.53. The van der Waals surface area contributed by atoms with Crippen LogP contribution in [0, 0.1) is 0 Å². The maximum Gasteiger partial charge on any atom is 0.148 e. The molecule has 0 radical (unpaired) electrons. The summed E-state index contributed by atoms with van der Waals surface area (Å²) < 4.78 is 0. The number of nitrogens with one attached hydrogen (secondary N) is 2. The lowest BCUT2D eigenvalue weighted by Gasteiger charge is -2.29. The van der Waals surface area contributed by atoms with E-state index in [0.29, 0.717) is 11.6 Å². The minimum absolute atomic E-state index is 0.610. The van der Waals surface area contributed by atoms with Gasteiger partial charge in [0.25, 0.3) is 0 Å². The van der Waals surface area contributed by atoms with Crippen LogP contribution in [0.2, 0.25) is 5.02 Å². The lowest BCUT2D eigenvalue weighted by Crippen LogP contribution is -2.44. The molecule has 2 heterocycles. The van der Waals surface area contributed by atoms with Gasteiger partial charge >= 0.3 is 0 Å². The van der Waals surface area contributed by atoms with Crippen LogP contribution in [0.3, 0.4) is 0 Å². The van der Waals surface area contributed by atoms with Crippen LogP contribution in [-0.2, 0) is 0 Å². The van der Waals surface area contributed by atoms with Crippen molar-refractivity contribution in [1.29, 1.82) is 0 Å². The first-order valence-corrected chi connectivity index (χ1v) is 7.65. The second-order valence-corrected chi connectivity index (χ2v) is 5.56. The van der Waals surface area contributed by atoms with Crippen LogP contribution in [0.1, 0.15) is 0 Å². The van der Waals surface area contributed by atoms with E-state index in [9.17, 15) is 0 Å². The summed E-state index contributed by atoms with van der Waals surface area (Å²) in [6.07, 6.45) is 0. The van der Waals surface area contributed by atoms with E-state index in [1.807, 2.05) is 18.2 Å². The summed E-state index contributed by atoms with van der Waals surface area (Å²) in [4.78, 5) is 6.97. The summed E-state index contributed by atoms with van der Waals surface area (Å²) >= 11 is 6.43. The lowest BCUT2D eigenvalue weighted by molar-refractivity contribution is 0.585. The number of pyridine rings is 1. The molecule has 1 aliphatic heterocycles. The number of fused-ring (bicyclic) bond motifs is 1. The molecule has 0 spiro atoms. The van der Waals surface area contributed by atoms with Gasteiger partial charge in [-0.15, -0.1) is 0 Å². The van der Waals surface area contributed by atoms with E-state index in [2.05, 4.69) is 21.6 Å². The quantitative estimate of drug-likeness (QED) is 0.802. The van der Waals surface area contributed by atoms with Gasteiger partial charge in [0.05, 0.1) is 10.5 Å². The smallest absolute Gasteiger partial charge is 0.148 e. The number of nitrogens with two attached hydrogens (primary N) is 1. The lowest BCUT2D eigenvalue weighted by atomic mass is 10.2. The Morgan fingerprint density at radius 1 is 1.29 bits per heavy atom. The summed E-state index contributed by atoms with van der Waals surface area (Å²) in [5, 5.41) is 8.36. The molecule has 0 unspecified atom stereocenters. The first-order valence-electron chi connectivity index (χ1n) is 7.28. The van der Waals surface area contributed by atoms with Crippen molar-refractivity contribution >= 4 is 34.0 Å². The van der Waals surface area contributed by atoms with Crippen LogP contribution in [-0.4, -0.2) is 44.3 Å². The number of hydrogen-bond donors (Lipinski definition) is 3. The minimum Gasteiger partial charge on any atom is -0.384 e. The predicted octanol–water partition coefficient (Wildman–Crippen LogP) is 1.67. The average molecular weight is 306 g/mol. The first-order chi connectivity index (χ1) is 10.3. The summed E-state index contributed by atoms with van der Waals surface area (Å²) in [6, 6.07) is 8.11. The second kappa shape index (κ2) is 6.47. The van der Waals surface area contributed by atoms with Gasteiger partial charge in [0.2, 0.25) is 0 Å². The number of nitrogens with zero attached hydrogens (tertiary/aromatic N) is 2. The van der Waals surface area contributed by atoms with Crippen molar-refractivity contribution in [1.82, 2.24) is 10.3 Å². The van der Waals surface area contributed by atoms with E-state index < -0.39 is 0 Å². The Morgan fingerprint density at radius 3 is 2.86 bits per heavy atom. The van der Waals surface area contributed by atoms with Crippen molar-refractivity contribution in [3.8, 4) is 0 Å². The molecule has 1 aromatic carbocycles. The molecule has 3 rings (SSSR count). The normalized spacial score (nSPS) is 15.4. The Hall–Kier alpha value is -1.56. The standard InChI is InChI=1S/C15H20ClN5/c16-13-10-11-9-12(19-4-3-17)1-2-14(11)20-15(13)21-7-5-18-6-8-21/h1-2,9-10,18-19H,3-8,17H2. The molecule has 1 fully saturated rings. The maximum absolute atomic E-state index is 6.43. The zero-order chi connectivity index (χ0) is 14.7. The largest absolute Gasteiger partial charge is 0.384 e. The fraction of sp³-hybridized carbons (Fsp3) is 0.400. The molecule has 4 N–H and O–H groups in total. The molecule has 0 amide bonds. The number of halogens is 1. The van der Waals surface area contributed by atoms with Crippen LogP contribution < -0.4 is 21.3 Å². The molecule has 1 aromatic heterocycles. The Balaban J connectivity index is 1.92. The van der Waals surface area contributed by atoms with Crippen LogP contribution in [0.5, 0.6) is 0 Å². The highest BCUT2D eigenvalue weighted by molar-refractivity contribution is 6.33. The van der Waals surface area contributed by atoms with E-state index >= 15 is 0 Å². The van der Waals surface area contributed by atoms with Crippen LogP contribution in [0.4, 0.5) is 11.5 Å². The number of piperazine rings is 1. The van der Waals surface area contributed by atoms with E-state index in [1.54, 1.807) is 0 Å². The third-order valence-corrected chi connectivity index (χ3v) is 3.92. The second-order valence-electron chi connectivity index (χ2n) is 5.15. The highest BCUT2D eigenvalue weighted by Gasteiger charge is 2.15. The molecule has 6 heteroatoms. The Labute approximate surface area is 129 Å². The van der Waals surface area contributed by atoms with Gasteiger partial charge in [-0.25, -0.2) is 4.98 Å². The molecular formula is C15H20ClN5.